The predicted molar refractivity (Wildman–Crippen MR) is 76.5 cm³/mol. The van der Waals surface area contributed by atoms with Crippen molar-refractivity contribution in [3.63, 3.8) is 0 Å². The lowest BCUT2D eigenvalue weighted by molar-refractivity contribution is 0.0438. The number of rotatable bonds is 3. The number of nitrogens with one attached hydrogen (secondary N) is 2. The van der Waals surface area contributed by atoms with E-state index in [0.29, 0.717) is 24.1 Å². The van der Waals surface area contributed by atoms with Crippen molar-refractivity contribution < 1.29 is 19.4 Å². The molecule has 6 nitrogen and oxygen atoms in total. The molecule has 7 heteroatoms. The van der Waals surface area contributed by atoms with Gasteiger partial charge in [-0.15, -0.1) is 0 Å². The van der Waals surface area contributed by atoms with Gasteiger partial charge in [-0.2, -0.15) is 5.10 Å². The summed E-state index contributed by atoms with van der Waals surface area (Å²) in [6.07, 6.45) is -1.02. The van der Waals surface area contributed by atoms with Crippen molar-refractivity contribution in [1.82, 2.24) is 15.5 Å². The van der Waals surface area contributed by atoms with E-state index in [4.69, 9.17) is 0 Å². The monoisotopic (exact) mass is 305 g/mol. The summed E-state index contributed by atoms with van der Waals surface area (Å²) in [5.41, 5.74) is 0.855. The zero-order valence-electron chi connectivity index (χ0n) is 11.7. The molecule has 1 aromatic heterocycles. The van der Waals surface area contributed by atoms with Crippen LogP contribution in [0.5, 0.6) is 0 Å². The van der Waals surface area contributed by atoms with Gasteiger partial charge >= 0.3 is 0 Å². The van der Waals surface area contributed by atoms with E-state index >= 15 is 0 Å². The van der Waals surface area contributed by atoms with Crippen LogP contribution in [0.1, 0.15) is 23.3 Å². The Kier molecular flexibility index (Phi) is 3.91. The molecule has 1 heterocycles. The maximum atomic E-state index is 13.7. The molecule has 0 bridgehead atoms. The molecule has 1 amide bonds. The molecule has 1 aliphatic rings. The maximum absolute atomic E-state index is 13.7. The topological polar surface area (TPSA) is 98.2 Å². The molecular weight excluding hydrogens is 289 g/mol. The number of aromatic amines is 1. The van der Waals surface area contributed by atoms with Crippen LogP contribution < -0.4 is 5.32 Å². The predicted octanol–water partition coefficient (Wildman–Crippen LogP) is 0.830. The Hall–Kier alpha value is -2.25. The van der Waals surface area contributed by atoms with Crippen LogP contribution >= 0.6 is 0 Å². The number of H-pyrrole nitrogens is 1. The molecule has 0 saturated heterocycles. The molecule has 3 rings (SSSR count). The van der Waals surface area contributed by atoms with Crippen LogP contribution in [-0.4, -0.2) is 44.6 Å². The second-order valence-electron chi connectivity index (χ2n) is 5.42. The van der Waals surface area contributed by atoms with Crippen molar-refractivity contribution in [2.45, 2.75) is 31.1 Å². The molecule has 1 fully saturated rings. The first kappa shape index (κ1) is 14.7. The molecule has 0 aliphatic heterocycles. The molecule has 4 N–H and O–H groups in total. The van der Waals surface area contributed by atoms with E-state index < -0.39 is 23.9 Å². The zero-order chi connectivity index (χ0) is 15.7. The van der Waals surface area contributed by atoms with Gasteiger partial charge in [0.25, 0.3) is 5.91 Å². The molecule has 22 heavy (non-hydrogen) atoms. The van der Waals surface area contributed by atoms with Crippen LogP contribution in [0.15, 0.2) is 30.3 Å². The summed E-state index contributed by atoms with van der Waals surface area (Å²) in [6.45, 7) is 0. The summed E-state index contributed by atoms with van der Waals surface area (Å²) in [4.78, 5) is 12.1. The third-order valence-corrected chi connectivity index (χ3v) is 3.80. The van der Waals surface area contributed by atoms with Crippen LogP contribution in [0.25, 0.3) is 11.3 Å². The van der Waals surface area contributed by atoms with Crippen LogP contribution in [0.2, 0.25) is 0 Å². The number of amides is 1. The summed E-state index contributed by atoms with van der Waals surface area (Å²) in [7, 11) is 0. The van der Waals surface area contributed by atoms with Crippen LogP contribution in [0.3, 0.4) is 0 Å². The van der Waals surface area contributed by atoms with Crippen molar-refractivity contribution in [3.05, 3.63) is 41.8 Å². The number of halogens is 1. The molecule has 1 aliphatic carbocycles. The molecule has 2 aromatic rings. The number of benzene rings is 1. The number of hydrogen-bond donors (Lipinski definition) is 4. The zero-order valence-corrected chi connectivity index (χ0v) is 11.7. The molecular formula is C15H16FN3O3. The molecule has 1 saturated carbocycles. The van der Waals surface area contributed by atoms with E-state index in [9.17, 15) is 19.4 Å². The van der Waals surface area contributed by atoms with Crippen molar-refractivity contribution in [2.24, 2.45) is 0 Å². The normalized spacial score (nSPS) is 24.4. The highest BCUT2D eigenvalue weighted by Gasteiger charge is 2.32. The second-order valence-corrected chi connectivity index (χ2v) is 5.42. The highest BCUT2D eigenvalue weighted by molar-refractivity contribution is 5.93. The first-order chi connectivity index (χ1) is 10.5. The van der Waals surface area contributed by atoms with Gasteiger partial charge in [0.2, 0.25) is 0 Å². The van der Waals surface area contributed by atoms with Gasteiger partial charge in [-0.1, -0.05) is 12.1 Å². The Bertz CT molecular complexity index is 678. The number of carbonyl (C=O) groups excluding carboxylic acids is 1. The Morgan fingerprint density at radius 1 is 1.27 bits per heavy atom. The van der Waals surface area contributed by atoms with Gasteiger partial charge in [0, 0.05) is 11.6 Å². The standard InChI is InChI=1S/C15H16FN3O3/c16-10-4-2-1-3-9(10)11-7-12(19-18-11)15(22)17-8-5-13(20)14(21)6-8/h1-4,7-8,13-14,20-21H,5-6H2,(H,17,22)(H,18,19)/t8?,13-,14+. The van der Waals surface area contributed by atoms with E-state index in [0.717, 1.165) is 0 Å². The summed E-state index contributed by atoms with van der Waals surface area (Å²) in [5, 5.41) is 28.2. The molecule has 0 spiro atoms. The summed E-state index contributed by atoms with van der Waals surface area (Å²) in [5.74, 6) is -0.815. The maximum Gasteiger partial charge on any atom is 0.269 e. The number of carbonyl (C=O) groups is 1. The second kappa shape index (κ2) is 5.86. The van der Waals surface area contributed by atoms with E-state index in [1.807, 2.05) is 0 Å². The lowest BCUT2D eigenvalue weighted by Crippen LogP contribution is -2.33. The fraction of sp³-hybridized carbons (Fsp3) is 0.333. The Balaban J connectivity index is 1.71. The summed E-state index contributed by atoms with van der Waals surface area (Å²) < 4.78 is 13.7. The van der Waals surface area contributed by atoms with Gasteiger partial charge in [-0.25, -0.2) is 4.39 Å². The number of hydrogen-bond acceptors (Lipinski definition) is 4. The molecule has 3 atom stereocenters. The van der Waals surface area contributed by atoms with E-state index in [1.54, 1.807) is 18.2 Å². The fourth-order valence-corrected chi connectivity index (χ4v) is 2.62. The molecule has 116 valence electrons. The van der Waals surface area contributed by atoms with E-state index in [2.05, 4.69) is 15.5 Å². The minimum absolute atomic E-state index is 0.203. The molecule has 1 aromatic carbocycles. The Morgan fingerprint density at radius 3 is 2.64 bits per heavy atom. The SMILES string of the molecule is O=C(NC1C[C@@H](O)[C@@H](O)C1)c1cc(-c2ccccc2F)n[nH]1. The van der Waals surface area contributed by atoms with Gasteiger partial charge in [0.05, 0.1) is 17.9 Å². The largest absolute Gasteiger partial charge is 0.390 e. The number of aromatic nitrogens is 2. The first-order valence-electron chi connectivity index (χ1n) is 7.02. The average Bonchev–Trinajstić information content (AvgIpc) is 3.07. The Morgan fingerprint density at radius 2 is 1.95 bits per heavy atom. The van der Waals surface area contributed by atoms with Crippen LogP contribution in [0, 0.1) is 5.82 Å². The highest BCUT2D eigenvalue weighted by atomic mass is 19.1. The van der Waals surface area contributed by atoms with Gasteiger partial charge in [0.15, 0.2) is 0 Å². The van der Waals surface area contributed by atoms with Gasteiger partial charge in [0.1, 0.15) is 11.5 Å². The van der Waals surface area contributed by atoms with E-state index in [-0.39, 0.29) is 11.7 Å². The van der Waals surface area contributed by atoms with Crippen molar-refractivity contribution in [2.75, 3.05) is 0 Å². The van der Waals surface area contributed by atoms with E-state index in [1.165, 1.54) is 12.1 Å². The fourth-order valence-electron chi connectivity index (χ4n) is 2.62. The minimum Gasteiger partial charge on any atom is -0.390 e. The smallest absolute Gasteiger partial charge is 0.269 e. The average molecular weight is 305 g/mol. The van der Waals surface area contributed by atoms with Gasteiger partial charge < -0.3 is 15.5 Å². The number of aliphatic hydroxyl groups is 2. The summed E-state index contributed by atoms with van der Waals surface area (Å²) in [6, 6.07) is 7.35. The lowest BCUT2D eigenvalue weighted by atomic mass is 10.1. The first-order valence-corrected chi connectivity index (χ1v) is 7.02. The van der Waals surface area contributed by atoms with Gasteiger partial charge in [-0.3, -0.25) is 9.89 Å². The third-order valence-electron chi connectivity index (χ3n) is 3.80. The highest BCUT2D eigenvalue weighted by Crippen LogP contribution is 2.22. The Labute approximate surface area is 126 Å². The van der Waals surface area contributed by atoms with Crippen LogP contribution in [0.4, 0.5) is 4.39 Å². The number of aliphatic hydroxyl groups excluding tert-OH is 2. The van der Waals surface area contributed by atoms with Crippen molar-refractivity contribution >= 4 is 5.91 Å². The molecule has 0 radical (unpaired) electrons. The number of nitrogens with zero attached hydrogens (tertiary/aromatic N) is 1. The quantitative estimate of drug-likeness (QED) is 0.675. The summed E-state index contributed by atoms with van der Waals surface area (Å²) >= 11 is 0. The van der Waals surface area contributed by atoms with Gasteiger partial charge in [-0.05, 0) is 31.0 Å². The third kappa shape index (κ3) is 2.86. The van der Waals surface area contributed by atoms with Crippen LogP contribution in [-0.2, 0) is 0 Å². The molecule has 1 unspecified atom stereocenters. The van der Waals surface area contributed by atoms with Crippen molar-refractivity contribution in [1.29, 1.82) is 0 Å². The minimum atomic E-state index is -0.818. The van der Waals surface area contributed by atoms with Crippen molar-refractivity contribution in [3.8, 4) is 11.3 Å². The lowest BCUT2D eigenvalue weighted by Gasteiger charge is -2.10.